The molecule has 1 fully saturated rings. The Labute approximate surface area is 73.9 Å². The lowest BCUT2D eigenvalue weighted by molar-refractivity contribution is 0.394. The maximum Gasteiger partial charge on any atom is 0.0238 e. The molecule has 3 heteroatoms. The Balaban J connectivity index is 0.000000810. The predicted octanol–water partition coefficient (Wildman–Crippen LogP) is 2.18. The average molecular weight is 184 g/mol. The summed E-state index contributed by atoms with van der Waals surface area (Å²) in [6.45, 7) is 1.20. The molecule has 62 valence electrons. The van der Waals surface area contributed by atoms with Crippen LogP contribution in [-0.2, 0) is 0 Å². The molecule has 1 aliphatic heterocycles. The van der Waals surface area contributed by atoms with Crippen molar-refractivity contribution in [2.24, 2.45) is 0 Å². The number of alkyl halides is 1. The monoisotopic (exact) mass is 183 g/mol. The third kappa shape index (κ3) is 3.65. The largest absolute Gasteiger partial charge is 0.314 e. The summed E-state index contributed by atoms with van der Waals surface area (Å²) in [5.74, 6) is 0.803. The Kier molecular flexibility index (Phi) is 6.60. The molecule has 0 aromatic rings. The van der Waals surface area contributed by atoms with E-state index in [4.69, 9.17) is 11.6 Å². The highest BCUT2D eigenvalue weighted by atomic mass is 35.5. The fourth-order valence-electron chi connectivity index (χ4n) is 1.30. The fourth-order valence-corrected chi connectivity index (χ4v) is 1.57. The lowest BCUT2D eigenvalue weighted by Gasteiger charge is -2.22. The highest BCUT2D eigenvalue weighted by Crippen LogP contribution is 2.09. The Morgan fingerprint density at radius 1 is 1.40 bits per heavy atom. The molecule has 0 spiro atoms. The lowest BCUT2D eigenvalue weighted by atomic mass is 10.0. The van der Waals surface area contributed by atoms with E-state index in [1.165, 1.54) is 25.8 Å². The summed E-state index contributed by atoms with van der Waals surface area (Å²) in [6.07, 6.45) is 5.20. The maximum absolute atomic E-state index is 5.59. The van der Waals surface area contributed by atoms with Gasteiger partial charge in [0.05, 0.1) is 0 Å². The summed E-state index contributed by atoms with van der Waals surface area (Å²) in [5.41, 5.74) is 0. The van der Waals surface area contributed by atoms with E-state index in [-0.39, 0.29) is 12.4 Å². The summed E-state index contributed by atoms with van der Waals surface area (Å²) in [6, 6.07) is 0.719. The van der Waals surface area contributed by atoms with Crippen LogP contribution in [0.3, 0.4) is 0 Å². The smallest absolute Gasteiger partial charge is 0.0238 e. The van der Waals surface area contributed by atoms with Crippen molar-refractivity contribution >= 4 is 24.0 Å². The van der Waals surface area contributed by atoms with Gasteiger partial charge in [-0.3, -0.25) is 0 Å². The SMILES string of the molecule is Cl.ClCC[C@@H]1CCCCN1. The molecule has 0 amide bonds. The molecule has 1 saturated heterocycles. The summed E-state index contributed by atoms with van der Waals surface area (Å²) in [4.78, 5) is 0. The molecule has 1 rings (SSSR count). The fraction of sp³-hybridized carbons (Fsp3) is 1.00. The zero-order valence-corrected chi connectivity index (χ0v) is 7.68. The zero-order chi connectivity index (χ0) is 6.53. The van der Waals surface area contributed by atoms with E-state index in [1.807, 2.05) is 0 Å². The quantitative estimate of drug-likeness (QED) is 0.648. The van der Waals surface area contributed by atoms with Crippen molar-refractivity contribution in [1.29, 1.82) is 0 Å². The number of rotatable bonds is 2. The second kappa shape index (κ2) is 6.26. The number of hydrogen-bond donors (Lipinski definition) is 1. The molecule has 0 unspecified atom stereocenters. The highest BCUT2D eigenvalue weighted by Gasteiger charge is 2.10. The van der Waals surface area contributed by atoms with Crippen molar-refractivity contribution in [1.82, 2.24) is 5.32 Å². The van der Waals surface area contributed by atoms with E-state index in [1.54, 1.807) is 0 Å². The van der Waals surface area contributed by atoms with Crippen molar-refractivity contribution in [3.8, 4) is 0 Å². The van der Waals surface area contributed by atoms with Crippen LogP contribution < -0.4 is 5.32 Å². The number of halogens is 2. The van der Waals surface area contributed by atoms with Crippen LogP contribution in [0.4, 0.5) is 0 Å². The molecule has 0 aromatic heterocycles. The van der Waals surface area contributed by atoms with Gasteiger partial charge in [0.2, 0.25) is 0 Å². The minimum absolute atomic E-state index is 0. The molecule has 0 aliphatic carbocycles. The molecule has 0 radical (unpaired) electrons. The van der Waals surface area contributed by atoms with Gasteiger partial charge in [-0.1, -0.05) is 6.42 Å². The molecule has 0 bridgehead atoms. The van der Waals surface area contributed by atoms with Crippen LogP contribution in [0.15, 0.2) is 0 Å². The van der Waals surface area contributed by atoms with Crippen molar-refractivity contribution in [2.45, 2.75) is 31.7 Å². The number of hydrogen-bond acceptors (Lipinski definition) is 1. The summed E-state index contributed by atoms with van der Waals surface area (Å²) in [5, 5.41) is 3.44. The van der Waals surface area contributed by atoms with E-state index in [0.29, 0.717) is 0 Å². The van der Waals surface area contributed by atoms with Gasteiger partial charge in [0, 0.05) is 11.9 Å². The van der Waals surface area contributed by atoms with E-state index in [9.17, 15) is 0 Å². The topological polar surface area (TPSA) is 12.0 Å². The first-order valence-electron chi connectivity index (χ1n) is 3.73. The van der Waals surface area contributed by atoms with Gasteiger partial charge in [-0.2, -0.15) is 0 Å². The van der Waals surface area contributed by atoms with Gasteiger partial charge < -0.3 is 5.32 Å². The molecule has 1 heterocycles. The van der Waals surface area contributed by atoms with Crippen LogP contribution in [0.2, 0.25) is 0 Å². The van der Waals surface area contributed by atoms with Crippen LogP contribution in [0.25, 0.3) is 0 Å². The molecular weight excluding hydrogens is 169 g/mol. The van der Waals surface area contributed by atoms with Gasteiger partial charge in [-0.25, -0.2) is 0 Å². The molecular formula is C7H15Cl2N. The minimum Gasteiger partial charge on any atom is -0.314 e. The summed E-state index contributed by atoms with van der Waals surface area (Å²) in [7, 11) is 0. The first-order chi connectivity index (χ1) is 4.43. The van der Waals surface area contributed by atoms with Gasteiger partial charge in [0.25, 0.3) is 0 Å². The van der Waals surface area contributed by atoms with Crippen molar-refractivity contribution in [2.75, 3.05) is 12.4 Å². The summed E-state index contributed by atoms with van der Waals surface area (Å²) < 4.78 is 0. The van der Waals surface area contributed by atoms with Crippen molar-refractivity contribution in [3.63, 3.8) is 0 Å². The molecule has 1 nitrogen and oxygen atoms in total. The molecule has 0 aromatic carbocycles. The van der Waals surface area contributed by atoms with Crippen LogP contribution in [-0.4, -0.2) is 18.5 Å². The average Bonchev–Trinajstić information content (AvgIpc) is 1.91. The normalized spacial score (nSPS) is 25.5. The van der Waals surface area contributed by atoms with Gasteiger partial charge in [-0.05, 0) is 25.8 Å². The van der Waals surface area contributed by atoms with E-state index in [2.05, 4.69) is 5.32 Å². The zero-order valence-electron chi connectivity index (χ0n) is 6.11. The van der Waals surface area contributed by atoms with E-state index >= 15 is 0 Å². The maximum atomic E-state index is 5.59. The van der Waals surface area contributed by atoms with Crippen LogP contribution in [0.1, 0.15) is 25.7 Å². The second-order valence-electron chi connectivity index (χ2n) is 2.62. The number of nitrogens with one attached hydrogen (secondary N) is 1. The Bertz CT molecular complexity index is 69.3. The lowest BCUT2D eigenvalue weighted by Crippen LogP contribution is -2.34. The van der Waals surface area contributed by atoms with E-state index in [0.717, 1.165) is 18.3 Å². The first kappa shape index (κ1) is 10.5. The van der Waals surface area contributed by atoms with Crippen LogP contribution in [0, 0.1) is 0 Å². The third-order valence-electron chi connectivity index (χ3n) is 1.87. The molecule has 1 aliphatic rings. The van der Waals surface area contributed by atoms with Crippen LogP contribution >= 0.6 is 24.0 Å². The van der Waals surface area contributed by atoms with Gasteiger partial charge in [-0.15, -0.1) is 24.0 Å². The third-order valence-corrected chi connectivity index (χ3v) is 2.09. The standard InChI is InChI=1S/C7H14ClN.ClH/c8-5-4-7-3-1-2-6-9-7;/h7,9H,1-6H2;1H/t7-;/m0./s1. The van der Waals surface area contributed by atoms with Gasteiger partial charge in [0.1, 0.15) is 0 Å². The first-order valence-corrected chi connectivity index (χ1v) is 4.26. The van der Waals surface area contributed by atoms with Gasteiger partial charge >= 0.3 is 0 Å². The van der Waals surface area contributed by atoms with Crippen molar-refractivity contribution < 1.29 is 0 Å². The molecule has 1 N–H and O–H groups in total. The second-order valence-corrected chi connectivity index (χ2v) is 3.00. The van der Waals surface area contributed by atoms with E-state index < -0.39 is 0 Å². The Morgan fingerprint density at radius 3 is 2.70 bits per heavy atom. The van der Waals surface area contributed by atoms with Gasteiger partial charge in [0.15, 0.2) is 0 Å². The van der Waals surface area contributed by atoms with Crippen molar-refractivity contribution in [3.05, 3.63) is 0 Å². The Hall–Kier alpha value is 0.540. The Morgan fingerprint density at radius 2 is 2.20 bits per heavy atom. The minimum atomic E-state index is 0. The highest BCUT2D eigenvalue weighted by molar-refractivity contribution is 6.17. The summed E-state index contributed by atoms with van der Waals surface area (Å²) >= 11 is 5.59. The van der Waals surface area contributed by atoms with Crippen LogP contribution in [0.5, 0.6) is 0 Å². The number of piperidine rings is 1. The molecule has 10 heavy (non-hydrogen) atoms. The molecule has 1 atom stereocenters. The predicted molar refractivity (Wildman–Crippen MR) is 48.2 cm³/mol. The molecule has 0 saturated carbocycles.